The summed E-state index contributed by atoms with van der Waals surface area (Å²) in [5, 5.41) is 9.29. The Hall–Kier alpha value is -4.59. The van der Waals surface area contributed by atoms with Crippen molar-refractivity contribution < 1.29 is 9.47 Å². The van der Waals surface area contributed by atoms with Crippen LogP contribution in [0.1, 0.15) is 5.69 Å². The van der Waals surface area contributed by atoms with E-state index in [1.807, 2.05) is 85.7 Å². The molecule has 0 atom stereocenters. The van der Waals surface area contributed by atoms with E-state index in [0.717, 1.165) is 17.1 Å². The lowest BCUT2D eigenvalue weighted by atomic mass is 10.2. The standard InChI is InChI=1S/C27H27N5O3/c1-6-7-15-30(3)21-13-14-22(24(17-21)34-4)31-18-25(35-5)27(33)26(29-31)23-16-19(2)28-32(23)20-11-9-8-10-12-20/h6-18H,1H2,2-5H3/b15-7-. The topological polar surface area (TPSA) is 74.4 Å². The van der Waals surface area contributed by atoms with Gasteiger partial charge in [0, 0.05) is 25.0 Å². The molecule has 35 heavy (non-hydrogen) atoms. The number of allylic oxidation sites excluding steroid dienone is 2. The zero-order valence-electron chi connectivity index (χ0n) is 20.2. The second-order valence-electron chi connectivity index (χ2n) is 7.78. The van der Waals surface area contributed by atoms with Gasteiger partial charge in [0.15, 0.2) is 11.4 Å². The van der Waals surface area contributed by atoms with Crippen molar-refractivity contribution in [2.75, 3.05) is 26.2 Å². The van der Waals surface area contributed by atoms with Gasteiger partial charge < -0.3 is 14.4 Å². The van der Waals surface area contributed by atoms with Crippen molar-refractivity contribution in [2.45, 2.75) is 6.92 Å². The number of aryl methyl sites for hydroxylation is 1. The fraction of sp³-hybridized carbons (Fsp3) is 0.148. The number of nitrogens with zero attached hydrogens (tertiary/aromatic N) is 5. The first kappa shape index (κ1) is 23.6. The number of hydrogen-bond acceptors (Lipinski definition) is 6. The minimum atomic E-state index is -0.328. The molecule has 2 heterocycles. The van der Waals surface area contributed by atoms with Crippen molar-refractivity contribution in [1.29, 1.82) is 0 Å². The van der Waals surface area contributed by atoms with Gasteiger partial charge in [0.2, 0.25) is 0 Å². The second-order valence-corrected chi connectivity index (χ2v) is 7.78. The van der Waals surface area contributed by atoms with E-state index in [1.54, 1.807) is 28.7 Å². The van der Waals surface area contributed by atoms with Crippen molar-refractivity contribution in [3.63, 3.8) is 0 Å². The number of hydrogen-bond donors (Lipinski definition) is 0. The summed E-state index contributed by atoms with van der Waals surface area (Å²) in [5.74, 6) is 0.740. The van der Waals surface area contributed by atoms with E-state index < -0.39 is 0 Å². The highest BCUT2D eigenvalue weighted by Gasteiger charge is 2.20. The number of benzene rings is 2. The molecular weight excluding hydrogens is 442 g/mol. The molecule has 0 unspecified atom stereocenters. The molecule has 0 fully saturated rings. The molecule has 0 radical (unpaired) electrons. The van der Waals surface area contributed by atoms with Gasteiger partial charge in [0.1, 0.15) is 11.4 Å². The Labute approximate surface area is 204 Å². The lowest BCUT2D eigenvalue weighted by molar-refractivity contribution is 0.401. The zero-order chi connectivity index (χ0) is 24.9. The smallest absolute Gasteiger partial charge is 0.251 e. The number of anilines is 1. The number of rotatable bonds is 8. The molecule has 2 aromatic carbocycles. The lowest BCUT2D eigenvalue weighted by Crippen LogP contribution is -2.18. The van der Waals surface area contributed by atoms with E-state index in [4.69, 9.17) is 14.6 Å². The van der Waals surface area contributed by atoms with Gasteiger partial charge in [-0.15, -0.1) is 0 Å². The molecule has 0 spiro atoms. The summed E-state index contributed by atoms with van der Waals surface area (Å²) < 4.78 is 14.4. The minimum Gasteiger partial charge on any atom is -0.494 e. The van der Waals surface area contributed by atoms with Crippen molar-refractivity contribution in [3.8, 4) is 34.3 Å². The highest BCUT2D eigenvalue weighted by molar-refractivity contribution is 5.63. The fourth-order valence-corrected chi connectivity index (χ4v) is 3.69. The number of ether oxygens (including phenoxy) is 2. The van der Waals surface area contributed by atoms with Crippen LogP contribution >= 0.6 is 0 Å². The van der Waals surface area contributed by atoms with Gasteiger partial charge >= 0.3 is 0 Å². The molecule has 0 aliphatic carbocycles. The average Bonchev–Trinajstić information content (AvgIpc) is 3.28. The first-order valence-corrected chi connectivity index (χ1v) is 11.0. The van der Waals surface area contributed by atoms with Crippen LogP contribution in [0.15, 0.2) is 90.5 Å². The van der Waals surface area contributed by atoms with Gasteiger partial charge in [0.25, 0.3) is 5.43 Å². The molecule has 8 heteroatoms. The van der Waals surface area contributed by atoms with Crippen molar-refractivity contribution in [3.05, 3.63) is 102 Å². The highest BCUT2D eigenvalue weighted by atomic mass is 16.5. The van der Waals surface area contributed by atoms with Crippen molar-refractivity contribution >= 4 is 5.69 Å². The van der Waals surface area contributed by atoms with Crippen LogP contribution < -0.4 is 19.8 Å². The summed E-state index contributed by atoms with van der Waals surface area (Å²) in [7, 11) is 4.99. The Morgan fingerprint density at radius 1 is 1.00 bits per heavy atom. The lowest BCUT2D eigenvalue weighted by Gasteiger charge is -2.18. The quantitative estimate of drug-likeness (QED) is 0.353. The molecule has 4 rings (SSSR count). The summed E-state index contributed by atoms with van der Waals surface area (Å²) in [6, 6.07) is 17.2. The molecule has 0 amide bonds. The summed E-state index contributed by atoms with van der Waals surface area (Å²) in [6.45, 7) is 5.58. The summed E-state index contributed by atoms with van der Waals surface area (Å²) in [4.78, 5) is 15.2. The summed E-state index contributed by atoms with van der Waals surface area (Å²) >= 11 is 0. The Balaban J connectivity index is 1.89. The summed E-state index contributed by atoms with van der Waals surface area (Å²) in [5.41, 5.74) is 3.60. The van der Waals surface area contributed by atoms with Gasteiger partial charge in [-0.1, -0.05) is 30.9 Å². The van der Waals surface area contributed by atoms with Crippen molar-refractivity contribution in [2.24, 2.45) is 0 Å². The minimum absolute atomic E-state index is 0.158. The van der Waals surface area contributed by atoms with Gasteiger partial charge in [0.05, 0.1) is 37.5 Å². The van der Waals surface area contributed by atoms with Crippen LogP contribution in [0.25, 0.3) is 22.8 Å². The van der Waals surface area contributed by atoms with Crippen LogP contribution in [0.4, 0.5) is 5.69 Å². The maximum Gasteiger partial charge on any atom is 0.251 e. The molecule has 0 saturated carbocycles. The van der Waals surface area contributed by atoms with Crippen LogP contribution in [-0.2, 0) is 0 Å². The second kappa shape index (κ2) is 10.1. The maximum atomic E-state index is 13.3. The molecular formula is C27H27N5O3. The molecule has 2 aromatic heterocycles. The third kappa shape index (κ3) is 4.72. The zero-order valence-corrected chi connectivity index (χ0v) is 20.2. The molecule has 0 N–H and O–H groups in total. The molecule has 0 bridgehead atoms. The fourth-order valence-electron chi connectivity index (χ4n) is 3.69. The van der Waals surface area contributed by atoms with Crippen LogP contribution in [-0.4, -0.2) is 40.8 Å². The predicted octanol–water partition coefficient (Wildman–Crippen LogP) is 4.55. The van der Waals surface area contributed by atoms with Gasteiger partial charge in [-0.3, -0.25) is 4.79 Å². The van der Waals surface area contributed by atoms with Crippen LogP contribution in [0.3, 0.4) is 0 Å². The van der Waals surface area contributed by atoms with E-state index in [0.29, 0.717) is 17.1 Å². The number of para-hydroxylation sites is 1. The van der Waals surface area contributed by atoms with Crippen molar-refractivity contribution in [1.82, 2.24) is 19.6 Å². The Morgan fingerprint density at radius 3 is 2.43 bits per heavy atom. The van der Waals surface area contributed by atoms with E-state index in [9.17, 15) is 4.79 Å². The summed E-state index contributed by atoms with van der Waals surface area (Å²) in [6.07, 6.45) is 7.01. The van der Waals surface area contributed by atoms with E-state index in [-0.39, 0.29) is 16.9 Å². The molecule has 8 nitrogen and oxygen atoms in total. The number of aromatic nitrogens is 4. The van der Waals surface area contributed by atoms with E-state index in [1.165, 1.54) is 7.11 Å². The third-order valence-corrected chi connectivity index (χ3v) is 5.44. The SMILES string of the molecule is C=C/C=C\N(C)c1ccc(-n2cc(OC)c(=O)c(-c3cc(C)nn3-c3ccccc3)n2)c(OC)c1. The van der Waals surface area contributed by atoms with Crippen LogP contribution in [0, 0.1) is 6.92 Å². The first-order chi connectivity index (χ1) is 17.0. The predicted molar refractivity (Wildman–Crippen MR) is 138 cm³/mol. The molecule has 178 valence electrons. The first-order valence-electron chi connectivity index (χ1n) is 11.0. The molecule has 0 aliphatic heterocycles. The molecule has 0 saturated heterocycles. The van der Waals surface area contributed by atoms with Crippen LogP contribution in [0.5, 0.6) is 11.5 Å². The Kier molecular flexibility index (Phi) is 6.82. The monoisotopic (exact) mass is 469 g/mol. The molecule has 4 aromatic rings. The van der Waals surface area contributed by atoms with Crippen LogP contribution in [0.2, 0.25) is 0 Å². The van der Waals surface area contributed by atoms with E-state index in [2.05, 4.69) is 11.7 Å². The third-order valence-electron chi connectivity index (χ3n) is 5.44. The van der Waals surface area contributed by atoms with E-state index >= 15 is 0 Å². The maximum absolute atomic E-state index is 13.3. The van der Waals surface area contributed by atoms with Gasteiger partial charge in [-0.05, 0) is 43.3 Å². The highest BCUT2D eigenvalue weighted by Crippen LogP contribution is 2.29. The Morgan fingerprint density at radius 2 is 1.74 bits per heavy atom. The molecule has 0 aliphatic rings. The Bertz CT molecular complexity index is 1440. The number of methoxy groups -OCH3 is 2. The van der Waals surface area contributed by atoms with Gasteiger partial charge in [-0.25, -0.2) is 9.36 Å². The normalized spacial score (nSPS) is 11.0. The average molecular weight is 470 g/mol. The largest absolute Gasteiger partial charge is 0.494 e. The van der Waals surface area contributed by atoms with Gasteiger partial charge in [-0.2, -0.15) is 10.2 Å².